The number of ketones is 1. The van der Waals surface area contributed by atoms with Gasteiger partial charge in [-0.3, -0.25) is 43.9 Å². The molecule has 0 aliphatic heterocycles. The van der Waals surface area contributed by atoms with Crippen molar-refractivity contribution in [1.29, 1.82) is 0 Å². The molecule has 0 fully saturated rings. The molecule has 9 N–H and O–H groups in total. The number of aliphatic hydroxyl groups excluding tert-OH is 1. The molecule has 0 spiro atoms. The van der Waals surface area contributed by atoms with Crippen LogP contribution in [-0.2, 0) is 44.3 Å². The molecule has 0 aliphatic rings. The fourth-order valence-electron chi connectivity index (χ4n) is 10.8. The third-order valence-electron chi connectivity index (χ3n) is 16.8. The third-order valence-corrected chi connectivity index (χ3v) is 22.5. The van der Waals surface area contributed by atoms with Crippen molar-refractivity contribution in [3.05, 3.63) is 303 Å². The van der Waals surface area contributed by atoms with Crippen LogP contribution < -0.4 is 40.8 Å². The van der Waals surface area contributed by atoms with Crippen molar-refractivity contribution in [2.45, 2.75) is 48.0 Å². The van der Waals surface area contributed by atoms with Gasteiger partial charge in [-0.2, -0.15) is 0 Å². The number of aliphatic hydroxyl groups is 1. The largest absolute Gasteiger partial charge is 0.392 e. The van der Waals surface area contributed by atoms with Crippen molar-refractivity contribution < 1.29 is 63.8 Å². The summed E-state index contributed by atoms with van der Waals surface area (Å²) in [7, 11) is -8.04. The second-order valence-electron chi connectivity index (χ2n) is 25.7. The number of anilines is 5. The minimum absolute atomic E-state index is 0.00336. The Labute approximate surface area is 708 Å². The van der Waals surface area contributed by atoms with Crippen molar-refractivity contribution in [1.82, 2.24) is 39.1 Å². The van der Waals surface area contributed by atoms with E-state index in [0.717, 1.165) is 11.3 Å². The van der Waals surface area contributed by atoms with Crippen LogP contribution in [0.5, 0.6) is 0 Å². The van der Waals surface area contributed by atoms with Gasteiger partial charge < -0.3 is 41.2 Å². The number of amides is 4. The number of hydrogen-bond acceptors (Lipinski definition) is 20. The summed E-state index contributed by atoms with van der Waals surface area (Å²) in [4.78, 5) is 83.1. The summed E-state index contributed by atoms with van der Waals surface area (Å²) in [6.07, 6.45) is 5.98. The molecule has 34 heteroatoms. The van der Waals surface area contributed by atoms with Crippen LogP contribution in [0.4, 0.5) is 28.6 Å². The monoisotopic (exact) mass is 1740 g/mol. The molecule has 5 aromatic heterocycles. The van der Waals surface area contributed by atoms with E-state index in [9.17, 15) is 54.3 Å². The quantitative estimate of drug-likeness (QED) is 0.0189. The van der Waals surface area contributed by atoms with Crippen LogP contribution in [-0.4, -0.2) is 144 Å². The number of nitrogens with zero attached hydrogens (tertiary/aromatic N) is 5. The first-order chi connectivity index (χ1) is 57.0. The Kier molecular flexibility index (Phi) is 34.0. The summed E-state index contributed by atoms with van der Waals surface area (Å²) in [6.45, 7) is 6.26. The number of benzene rings is 7. The smallest absolute Gasteiger partial charge is 0.257 e. The number of hydrogen-bond donors (Lipinski definition) is 9. The van der Waals surface area contributed by atoms with Crippen molar-refractivity contribution in [3.8, 4) is 45.0 Å². The lowest BCUT2D eigenvalue weighted by molar-refractivity contribution is -0.116. The maximum absolute atomic E-state index is 12.7. The summed E-state index contributed by atoms with van der Waals surface area (Å²) in [5.74, 6) is -0.811. The predicted octanol–water partition coefficient (Wildman–Crippen LogP) is 15.2. The van der Waals surface area contributed by atoms with Crippen LogP contribution in [0.1, 0.15) is 67.4 Å². The van der Waals surface area contributed by atoms with E-state index in [4.69, 9.17) is 55.9 Å². The van der Waals surface area contributed by atoms with Crippen LogP contribution in [0.3, 0.4) is 0 Å². The average Bonchev–Trinajstić information content (AvgIpc) is 0.832. The van der Waals surface area contributed by atoms with Crippen molar-refractivity contribution >= 4 is 134 Å². The van der Waals surface area contributed by atoms with Crippen LogP contribution >= 0.6 is 46.4 Å². The number of carbonyl (C=O) groups excluding carboxylic acids is 5. The molecular formula is C85H81Cl4N13O14S3. The van der Waals surface area contributed by atoms with E-state index in [0.29, 0.717) is 118 Å². The van der Waals surface area contributed by atoms with Gasteiger partial charge in [0.05, 0.1) is 88.1 Å². The number of methoxy groups -OCH3 is 2. The molecule has 12 rings (SSSR count). The Morgan fingerprint density at radius 2 is 0.723 bits per heavy atom. The fourth-order valence-corrected chi connectivity index (χ4v) is 14.8. The van der Waals surface area contributed by atoms with E-state index in [1.54, 1.807) is 136 Å². The van der Waals surface area contributed by atoms with E-state index in [1.807, 2.05) is 60.7 Å². The van der Waals surface area contributed by atoms with Gasteiger partial charge in [0.15, 0.2) is 0 Å². The molecule has 4 amide bonds. The summed E-state index contributed by atoms with van der Waals surface area (Å²) in [6, 6.07) is 62.8. The van der Waals surface area contributed by atoms with Gasteiger partial charge in [0.1, 0.15) is 11.6 Å². The Morgan fingerprint density at radius 1 is 0.403 bits per heavy atom. The molecule has 0 aliphatic carbocycles. The minimum Gasteiger partial charge on any atom is -0.392 e. The molecule has 1 atom stereocenters. The van der Waals surface area contributed by atoms with Gasteiger partial charge in [-0.05, 0) is 227 Å². The van der Waals surface area contributed by atoms with Gasteiger partial charge in [-0.15, -0.1) is 0 Å². The first-order valence-electron chi connectivity index (χ1n) is 36.3. The number of aryl methyl sites for hydroxylation is 1. The Balaban J connectivity index is 0.000000181. The van der Waals surface area contributed by atoms with E-state index < -0.39 is 48.0 Å². The molecule has 0 saturated carbocycles. The van der Waals surface area contributed by atoms with E-state index in [-0.39, 0.29) is 70.5 Å². The van der Waals surface area contributed by atoms with Gasteiger partial charge in [0.25, 0.3) is 23.6 Å². The summed E-state index contributed by atoms with van der Waals surface area (Å²) in [5.41, 5.74) is 9.87. The second kappa shape index (κ2) is 44.3. The van der Waals surface area contributed by atoms with Crippen LogP contribution in [0.15, 0.2) is 270 Å². The Morgan fingerprint density at radius 3 is 1.03 bits per heavy atom. The SMILES string of the molecule is CC(=O)CCNS(=O)(=O)c1ccc(C(=O)Nc2ccc(Cl)c(-c3ccccn3)c2)cc1.COCCNS(=O)(=O)c1ccc(C(=O)Nc2ccc(Cl)c(-c3ccccn3)c2)cc1.COCCNc1ccc(C(=O)Nc2ccc(Cl)c(-c3ccccn3)c2)c(C)n1.C[C@H](O)CNS(=O)(=O)c1ccc(C(=O)Nc2ccc(Cl)c(-c3ccccn3)c2)cc1. The number of halogens is 4. The van der Waals surface area contributed by atoms with Crippen molar-refractivity contribution in [2.75, 3.05) is 80.2 Å². The second-order valence-corrected chi connectivity index (χ2v) is 32.6. The number of ether oxygens (including phenoxy) is 2. The number of pyridine rings is 5. The zero-order valence-corrected chi connectivity index (χ0v) is 70.0. The number of Topliss-reactive ketones (excluding diaryl/α,β-unsaturated/α-hetero) is 1. The van der Waals surface area contributed by atoms with Gasteiger partial charge >= 0.3 is 0 Å². The molecule has 27 nitrogen and oxygen atoms in total. The topological polar surface area (TPSA) is 387 Å². The lowest BCUT2D eigenvalue weighted by Gasteiger charge is -2.11. The highest BCUT2D eigenvalue weighted by Crippen LogP contribution is 2.34. The first-order valence-corrected chi connectivity index (χ1v) is 42.2. The summed E-state index contributed by atoms with van der Waals surface area (Å²) >= 11 is 25.1. The molecular weight excluding hydrogens is 1670 g/mol. The molecule has 0 radical (unpaired) electrons. The highest BCUT2D eigenvalue weighted by atomic mass is 35.5. The van der Waals surface area contributed by atoms with Crippen molar-refractivity contribution in [3.63, 3.8) is 0 Å². The highest BCUT2D eigenvalue weighted by Gasteiger charge is 2.21. The van der Waals surface area contributed by atoms with E-state index in [2.05, 4.69) is 65.7 Å². The molecule has 0 bridgehead atoms. The molecule has 12 aromatic rings. The summed E-state index contributed by atoms with van der Waals surface area (Å²) in [5, 5.41) is 25.7. The zero-order valence-electron chi connectivity index (χ0n) is 64.5. The summed E-state index contributed by atoms with van der Waals surface area (Å²) < 4.78 is 90.1. The van der Waals surface area contributed by atoms with E-state index >= 15 is 0 Å². The molecule has 119 heavy (non-hydrogen) atoms. The van der Waals surface area contributed by atoms with Crippen LogP contribution in [0.2, 0.25) is 20.1 Å². The molecule has 616 valence electrons. The van der Waals surface area contributed by atoms with Gasteiger partial charge in [-0.25, -0.2) is 44.4 Å². The molecule has 0 saturated heterocycles. The van der Waals surface area contributed by atoms with Gasteiger partial charge in [0, 0.05) is 133 Å². The third kappa shape index (κ3) is 27.5. The number of sulfonamides is 3. The fraction of sp³-hybridized carbons (Fsp3) is 0.153. The molecule has 5 heterocycles. The minimum atomic E-state index is -3.76. The standard InChI is InChI=1S/C22H20ClN3O4S.C21H21ClN4O2.2C21H20ClN3O4S/c1-15(27)11-13-25-31(29,30)18-8-5-16(6-9-18)22(28)26-17-7-10-20(23)19(14-17)21-4-2-3-12-24-21;1-14-16(7-9-20(25-14)24-11-12-28-2)21(27)26-15-6-8-18(22)17(13-15)19-5-3-4-10-23-19;1-14(26)13-24-30(28,29)17-8-5-15(6-9-17)21(27)25-16-7-10-19(22)18(12-16)20-4-2-3-11-23-20;1-29-13-12-24-30(27,28)17-8-5-15(6-9-17)21(26)25-16-7-10-19(22)18(14-16)20-4-2-3-11-23-20/h2-10,12,14,25H,11,13H2,1H3,(H,26,28);3-10,13H,11-12H2,1-2H3,(H,24,25)(H,26,27);2-12,14,24,26H,13H2,1H3,(H,25,27);2-11,14,24H,12-13H2,1H3,(H,25,26)/t;;14-;/m..0./s1. The lowest BCUT2D eigenvalue weighted by atomic mass is 10.1. The van der Waals surface area contributed by atoms with Gasteiger partial charge in [-0.1, -0.05) is 70.7 Å². The first kappa shape index (κ1) is 91.3. The lowest BCUT2D eigenvalue weighted by Crippen LogP contribution is -2.30. The molecule has 0 unspecified atom stereocenters. The maximum atomic E-state index is 12.7. The molecule has 7 aromatic carbocycles. The number of rotatable bonds is 30. The predicted molar refractivity (Wildman–Crippen MR) is 464 cm³/mol. The Bertz CT molecular complexity index is 5850. The van der Waals surface area contributed by atoms with Crippen LogP contribution in [0.25, 0.3) is 45.0 Å². The number of nitrogens with one attached hydrogen (secondary N) is 8. The Hall–Kier alpha value is -11.6. The average molecular weight is 1750 g/mol. The normalized spacial score (nSPS) is 11.3. The number of aromatic nitrogens is 5. The zero-order chi connectivity index (χ0) is 85.7. The maximum Gasteiger partial charge on any atom is 0.257 e. The van der Waals surface area contributed by atoms with E-state index in [1.165, 1.54) is 93.8 Å². The van der Waals surface area contributed by atoms with Crippen LogP contribution in [0, 0.1) is 6.92 Å². The highest BCUT2D eigenvalue weighted by molar-refractivity contribution is 7.90. The van der Waals surface area contributed by atoms with Crippen molar-refractivity contribution in [2.24, 2.45) is 0 Å². The number of carbonyl (C=O) groups is 5. The van der Waals surface area contributed by atoms with Gasteiger partial charge in [0.2, 0.25) is 30.1 Å².